The summed E-state index contributed by atoms with van der Waals surface area (Å²) in [4.78, 5) is 5.29. The van der Waals surface area contributed by atoms with E-state index >= 15 is 0 Å². The minimum atomic E-state index is -2.14. The van der Waals surface area contributed by atoms with Crippen molar-refractivity contribution >= 4 is 51.3 Å². The van der Waals surface area contributed by atoms with Gasteiger partial charge in [0.1, 0.15) is 17.9 Å². The Balaban J connectivity index is 1.42. The quantitative estimate of drug-likeness (QED) is 0.0569. The number of nitrogens with zero attached hydrogens (tertiary/aromatic N) is 2. The predicted molar refractivity (Wildman–Crippen MR) is 200 cm³/mol. The molecule has 4 aromatic rings. The zero-order valence-electron chi connectivity index (χ0n) is 26.7. The molecule has 1 heterocycles. The van der Waals surface area contributed by atoms with Gasteiger partial charge in [0.25, 0.3) is 0 Å². The van der Waals surface area contributed by atoms with Gasteiger partial charge in [-0.2, -0.15) is 0 Å². The lowest BCUT2D eigenvalue weighted by Gasteiger charge is -2.24. The fourth-order valence-electron chi connectivity index (χ4n) is 5.90. The zero-order valence-corrected chi connectivity index (χ0v) is 29.1. The molecular formula is C39H39N2O3S3+. The van der Waals surface area contributed by atoms with Crippen LogP contribution in [0.4, 0.5) is 5.69 Å². The summed E-state index contributed by atoms with van der Waals surface area (Å²) in [5, 5.41) is 2.00. The number of hydrogen-bond acceptors (Lipinski definition) is 5. The van der Waals surface area contributed by atoms with Crippen molar-refractivity contribution in [2.24, 2.45) is 0 Å². The Labute approximate surface area is 288 Å². The van der Waals surface area contributed by atoms with Crippen molar-refractivity contribution in [1.29, 1.82) is 0 Å². The first-order valence-corrected chi connectivity index (χ1v) is 19.0. The third-order valence-corrected chi connectivity index (χ3v) is 11.0. The second-order valence-corrected chi connectivity index (χ2v) is 14.3. The molecule has 1 N–H and O–H groups in total. The minimum Gasteiger partial charge on any atom is -0.456 e. The van der Waals surface area contributed by atoms with Crippen LogP contribution in [-0.4, -0.2) is 46.4 Å². The molecule has 0 radical (unpaired) electrons. The Kier molecular flexibility index (Phi) is 11.2. The van der Waals surface area contributed by atoms with Crippen LogP contribution in [0.2, 0.25) is 0 Å². The van der Waals surface area contributed by atoms with Gasteiger partial charge in [0.05, 0.1) is 16.7 Å². The molecule has 1 unspecified atom stereocenters. The van der Waals surface area contributed by atoms with E-state index in [0.29, 0.717) is 4.90 Å². The molecule has 2 aliphatic rings. The molecule has 0 amide bonds. The highest BCUT2D eigenvalue weighted by Gasteiger charge is 2.22. The maximum Gasteiger partial charge on any atom is 0.203 e. The van der Waals surface area contributed by atoms with Crippen molar-refractivity contribution in [2.75, 3.05) is 42.6 Å². The van der Waals surface area contributed by atoms with E-state index in [4.69, 9.17) is 4.42 Å². The lowest BCUT2D eigenvalue weighted by molar-refractivity contribution is 0.564. The second kappa shape index (κ2) is 15.8. The van der Waals surface area contributed by atoms with Gasteiger partial charge in [-0.1, -0.05) is 54.6 Å². The van der Waals surface area contributed by atoms with Gasteiger partial charge in [-0.25, -0.2) is 8.78 Å². The molecule has 0 spiro atoms. The van der Waals surface area contributed by atoms with Crippen molar-refractivity contribution in [3.8, 4) is 22.5 Å². The fourth-order valence-corrected chi connectivity index (χ4v) is 8.24. The van der Waals surface area contributed by atoms with Crippen LogP contribution < -0.4 is 14.8 Å². The highest BCUT2D eigenvalue weighted by molar-refractivity contribution is 7.99. The average Bonchev–Trinajstić information content (AvgIpc) is 3.11. The Hall–Kier alpha value is -3.82. The minimum absolute atomic E-state index is 0.385. The number of benzene rings is 5. The number of hydrogen-bond donors (Lipinski definition) is 1. The van der Waals surface area contributed by atoms with Gasteiger partial charge in [0.2, 0.25) is 5.36 Å². The summed E-state index contributed by atoms with van der Waals surface area (Å²) in [7, 11) is 0. The summed E-state index contributed by atoms with van der Waals surface area (Å²) in [5.41, 5.74) is 4.39. The summed E-state index contributed by atoms with van der Waals surface area (Å²) < 4.78 is 31.9. The monoisotopic (exact) mass is 679 g/mol. The highest BCUT2D eigenvalue weighted by atomic mass is 32.2. The predicted octanol–water partition coefficient (Wildman–Crippen LogP) is 8.99. The van der Waals surface area contributed by atoms with E-state index < -0.39 is 11.1 Å². The molecule has 8 heteroatoms. The Morgan fingerprint density at radius 2 is 1.45 bits per heavy atom. The highest BCUT2D eigenvalue weighted by Crippen LogP contribution is 2.42. The summed E-state index contributed by atoms with van der Waals surface area (Å²) in [6.45, 7) is 7.87. The maximum atomic E-state index is 12.5. The third kappa shape index (κ3) is 7.84. The average molecular weight is 680 g/mol. The van der Waals surface area contributed by atoms with Crippen molar-refractivity contribution in [2.45, 2.75) is 28.5 Å². The molecule has 47 heavy (non-hydrogen) atoms. The molecule has 0 aromatic heterocycles. The van der Waals surface area contributed by atoms with Crippen molar-refractivity contribution in [1.82, 2.24) is 4.58 Å². The van der Waals surface area contributed by atoms with Crippen LogP contribution >= 0.6 is 23.5 Å². The molecule has 1 aliphatic heterocycles. The van der Waals surface area contributed by atoms with Crippen LogP contribution in [0.5, 0.6) is 0 Å². The van der Waals surface area contributed by atoms with Gasteiger partial charge in [-0.15, -0.1) is 23.5 Å². The molecule has 1 atom stereocenters. The van der Waals surface area contributed by atoms with Gasteiger partial charge < -0.3 is 13.9 Å². The van der Waals surface area contributed by atoms with Gasteiger partial charge >= 0.3 is 0 Å². The second-order valence-electron chi connectivity index (χ2n) is 11.1. The van der Waals surface area contributed by atoms with Crippen molar-refractivity contribution in [3.63, 3.8) is 0 Å². The van der Waals surface area contributed by atoms with Crippen molar-refractivity contribution in [3.05, 3.63) is 127 Å². The molecule has 240 valence electrons. The number of rotatable bonds is 13. The maximum absolute atomic E-state index is 12.5. The molecule has 4 aromatic carbocycles. The topological polar surface area (TPSA) is 56.7 Å². The standard InChI is InChI=1S/C39H38N2O3S3/c1-3-40(23-25-45-31-13-7-5-8-14-31)29-19-21-33-36(27-29)44-37-28-30(41(4-2)24-26-46-32-15-9-6-10-16-32)20-22-34(37)39(33)35-17-11-12-18-38(35)47(42)43/h5-22,27-28H,3-4,23-26H2,1-2H3/p+1. The normalized spacial score (nSPS) is 12.7. The number of anilines is 1. The lowest BCUT2D eigenvalue weighted by Crippen LogP contribution is -2.31. The van der Waals surface area contributed by atoms with E-state index in [-0.39, 0.29) is 0 Å². The largest absolute Gasteiger partial charge is 0.456 e. The van der Waals surface area contributed by atoms with Crippen molar-refractivity contribution < 1.29 is 13.2 Å². The van der Waals surface area contributed by atoms with E-state index in [0.717, 1.165) is 82.1 Å². The summed E-state index contributed by atoms with van der Waals surface area (Å²) in [5.74, 6) is 2.67. The summed E-state index contributed by atoms with van der Waals surface area (Å²) >= 11 is 1.57. The van der Waals surface area contributed by atoms with Crippen LogP contribution in [-0.2, 0) is 11.1 Å². The van der Waals surface area contributed by atoms with Crippen LogP contribution in [0.1, 0.15) is 13.8 Å². The Morgan fingerprint density at radius 1 is 0.766 bits per heavy atom. The van der Waals surface area contributed by atoms with Gasteiger partial charge in [0, 0.05) is 68.5 Å². The van der Waals surface area contributed by atoms with Crippen LogP contribution in [0, 0.1) is 0 Å². The van der Waals surface area contributed by atoms with Gasteiger partial charge in [0.15, 0.2) is 17.6 Å². The number of thioether (sulfide) groups is 2. The van der Waals surface area contributed by atoms with Gasteiger partial charge in [-0.05, 0) is 62.4 Å². The Morgan fingerprint density at radius 3 is 2.13 bits per heavy atom. The first kappa shape index (κ1) is 33.1. The molecular weight excluding hydrogens is 641 g/mol. The molecule has 0 bridgehead atoms. The van der Waals surface area contributed by atoms with E-state index in [1.54, 1.807) is 12.1 Å². The van der Waals surface area contributed by atoms with Gasteiger partial charge in [-0.3, -0.25) is 0 Å². The number of fused-ring (bicyclic) bond motifs is 2. The molecule has 0 saturated carbocycles. The van der Waals surface area contributed by atoms with Crippen LogP contribution in [0.3, 0.4) is 0 Å². The van der Waals surface area contributed by atoms with Crippen LogP contribution in [0.15, 0.2) is 140 Å². The molecule has 0 fully saturated rings. The van der Waals surface area contributed by atoms with E-state index in [9.17, 15) is 8.76 Å². The smallest absolute Gasteiger partial charge is 0.203 e. The summed E-state index contributed by atoms with van der Waals surface area (Å²) in [6.07, 6.45) is 0. The molecule has 1 aliphatic carbocycles. The lowest BCUT2D eigenvalue weighted by atomic mass is 9.93. The zero-order chi connectivity index (χ0) is 32.6. The van der Waals surface area contributed by atoms with E-state index in [1.807, 2.05) is 47.8 Å². The first-order valence-electron chi connectivity index (χ1n) is 15.9. The third-order valence-electron chi connectivity index (χ3n) is 8.27. The van der Waals surface area contributed by atoms with E-state index in [2.05, 4.69) is 108 Å². The fraction of sp³-hybridized carbons (Fsp3) is 0.205. The van der Waals surface area contributed by atoms with Crippen LogP contribution in [0.25, 0.3) is 33.4 Å². The Bertz CT molecular complexity index is 2010. The molecule has 6 rings (SSSR count). The van der Waals surface area contributed by atoms with E-state index in [1.165, 1.54) is 9.79 Å². The summed E-state index contributed by atoms with van der Waals surface area (Å²) in [6, 6.07) is 41.1. The SMILES string of the molecule is CCN(CCSc1ccccc1)c1ccc2c(-c3ccccc3S(=O)O)c3ccc(=[N+](CC)CCSc4ccccc4)cc-3oc2c1. The first-order chi connectivity index (χ1) is 23.1. The molecule has 5 nitrogen and oxygen atoms in total. The molecule has 0 saturated heterocycles.